The number of hydrogen-bond donors (Lipinski definition) is 1. The van der Waals surface area contributed by atoms with Crippen LogP contribution in [-0.4, -0.2) is 35.6 Å². The van der Waals surface area contributed by atoms with Crippen molar-refractivity contribution in [2.45, 2.75) is 19.3 Å². The van der Waals surface area contributed by atoms with Crippen molar-refractivity contribution in [3.05, 3.63) is 36.4 Å². The highest BCUT2D eigenvalue weighted by atomic mass is 16.5. The Morgan fingerprint density at radius 2 is 1.76 bits per heavy atom. The third-order valence-corrected chi connectivity index (χ3v) is 3.89. The summed E-state index contributed by atoms with van der Waals surface area (Å²) in [6.45, 7) is 1.60. The van der Waals surface area contributed by atoms with Gasteiger partial charge >= 0.3 is 0 Å². The SMILES string of the molecule is O=C(COc1cc2ccccc2cc1O)N1CCCCC1. The standard InChI is InChI=1S/C17H19NO3/c19-15-10-13-6-2-3-7-14(13)11-16(15)21-12-17(20)18-8-4-1-5-9-18/h2-3,6-7,10-11,19H,1,4-5,8-9,12H2. The maximum Gasteiger partial charge on any atom is 0.260 e. The quantitative estimate of drug-likeness (QED) is 0.943. The number of phenolic OH excluding ortho intramolecular Hbond substituents is 1. The maximum atomic E-state index is 12.1. The zero-order valence-corrected chi connectivity index (χ0v) is 11.9. The molecule has 3 rings (SSSR count). The van der Waals surface area contributed by atoms with E-state index in [0.29, 0.717) is 5.75 Å². The Labute approximate surface area is 123 Å². The molecule has 1 saturated heterocycles. The van der Waals surface area contributed by atoms with Crippen LogP contribution in [0.5, 0.6) is 11.5 Å². The molecule has 0 unspecified atom stereocenters. The topological polar surface area (TPSA) is 49.8 Å². The number of carbonyl (C=O) groups excluding carboxylic acids is 1. The first-order valence-corrected chi connectivity index (χ1v) is 7.36. The second-order valence-electron chi connectivity index (χ2n) is 5.40. The summed E-state index contributed by atoms with van der Waals surface area (Å²) in [5.74, 6) is 0.418. The second kappa shape index (κ2) is 6.04. The molecule has 0 aromatic heterocycles. The van der Waals surface area contributed by atoms with E-state index in [1.807, 2.05) is 29.2 Å². The number of likely N-dealkylation sites (tertiary alicyclic amines) is 1. The number of rotatable bonds is 3. The van der Waals surface area contributed by atoms with Gasteiger partial charge in [-0.2, -0.15) is 0 Å². The summed E-state index contributed by atoms with van der Waals surface area (Å²) in [5, 5.41) is 11.9. The van der Waals surface area contributed by atoms with Gasteiger partial charge < -0.3 is 14.7 Å². The van der Waals surface area contributed by atoms with Crippen LogP contribution in [0.15, 0.2) is 36.4 Å². The van der Waals surface area contributed by atoms with Crippen molar-refractivity contribution in [2.75, 3.05) is 19.7 Å². The fourth-order valence-corrected chi connectivity index (χ4v) is 2.70. The summed E-state index contributed by atoms with van der Waals surface area (Å²) in [6.07, 6.45) is 3.32. The molecule has 0 bridgehead atoms. The molecule has 0 saturated carbocycles. The van der Waals surface area contributed by atoms with E-state index >= 15 is 0 Å². The molecular formula is C17H19NO3. The summed E-state index contributed by atoms with van der Waals surface area (Å²) in [6, 6.07) is 11.2. The van der Waals surface area contributed by atoms with E-state index in [2.05, 4.69) is 0 Å². The monoisotopic (exact) mass is 285 g/mol. The van der Waals surface area contributed by atoms with Crippen molar-refractivity contribution in [1.82, 2.24) is 4.90 Å². The molecule has 1 heterocycles. The third kappa shape index (κ3) is 3.10. The van der Waals surface area contributed by atoms with E-state index in [4.69, 9.17) is 4.74 Å². The van der Waals surface area contributed by atoms with Gasteiger partial charge in [-0.05, 0) is 42.2 Å². The van der Waals surface area contributed by atoms with Crippen molar-refractivity contribution >= 4 is 16.7 Å². The number of aromatic hydroxyl groups is 1. The van der Waals surface area contributed by atoms with E-state index < -0.39 is 0 Å². The Morgan fingerprint density at radius 3 is 2.48 bits per heavy atom. The molecule has 0 aliphatic carbocycles. The van der Waals surface area contributed by atoms with Gasteiger partial charge in [0.25, 0.3) is 5.91 Å². The van der Waals surface area contributed by atoms with E-state index in [0.717, 1.165) is 36.7 Å². The molecule has 2 aromatic carbocycles. The van der Waals surface area contributed by atoms with E-state index in [1.54, 1.807) is 12.1 Å². The molecule has 0 radical (unpaired) electrons. The summed E-state index contributed by atoms with van der Waals surface area (Å²) in [4.78, 5) is 13.9. The van der Waals surface area contributed by atoms with Gasteiger partial charge in [0.15, 0.2) is 18.1 Å². The Balaban J connectivity index is 1.69. The van der Waals surface area contributed by atoms with Crippen LogP contribution in [0.25, 0.3) is 10.8 Å². The summed E-state index contributed by atoms with van der Waals surface area (Å²) < 4.78 is 5.52. The predicted octanol–water partition coefficient (Wildman–Crippen LogP) is 2.94. The highest BCUT2D eigenvalue weighted by Gasteiger charge is 2.17. The molecule has 1 fully saturated rings. The zero-order chi connectivity index (χ0) is 14.7. The molecule has 0 spiro atoms. The van der Waals surface area contributed by atoms with Crippen molar-refractivity contribution in [2.24, 2.45) is 0 Å². The lowest BCUT2D eigenvalue weighted by molar-refractivity contribution is -0.134. The average Bonchev–Trinajstić information content (AvgIpc) is 2.53. The molecule has 1 N–H and O–H groups in total. The van der Waals surface area contributed by atoms with Gasteiger partial charge in [-0.1, -0.05) is 24.3 Å². The lowest BCUT2D eigenvalue weighted by Crippen LogP contribution is -2.38. The van der Waals surface area contributed by atoms with E-state index in [9.17, 15) is 9.90 Å². The minimum absolute atomic E-state index is 0.0118. The van der Waals surface area contributed by atoms with Crippen LogP contribution >= 0.6 is 0 Å². The van der Waals surface area contributed by atoms with Crippen molar-refractivity contribution in [3.63, 3.8) is 0 Å². The second-order valence-corrected chi connectivity index (χ2v) is 5.40. The van der Waals surface area contributed by atoms with Crippen LogP contribution in [0, 0.1) is 0 Å². The minimum atomic E-state index is -0.0219. The van der Waals surface area contributed by atoms with Gasteiger partial charge in [0.2, 0.25) is 0 Å². The molecule has 1 amide bonds. The minimum Gasteiger partial charge on any atom is -0.504 e. The largest absolute Gasteiger partial charge is 0.504 e. The fraction of sp³-hybridized carbons (Fsp3) is 0.353. The van der Waals surface area contributed by atoms with Crippen LogP contribution < -0.4 is 4.74 Å². The van der Waals surface area contributed by atoms with Crippen LogP contribution in [0.4, 0.5) is 0 Å². The van der Waals surface area contributed by atoms with Gasteiger partial charge in [0, 0.05) is 13.1 Å². The number of hydrogen-bond acceptors (Lipinski definition) is 3. The number of amides is 1. The van der Waals surface area contributed by atoms with Crippen LogP contribution in [-0.2, 0) is 4.79 Å². The highest BCUT2D eigenvalue weighted by Crippen LogP contribution is 2.31. The number of benzene rings is 2. The first kappa shape index (κ1) is 13.7. The normalized spacial score (nSPS) is 15.1. The Bertz CT molecular complexity index is 648. The average molecular weight is 285 g/mol. The fourth-order valence-electron chi connectivity index (χ4n) is 2.70. The molecule has 110 valence electrons. The van der Waals surface area contributed by atoms with Crippen LogP contribution in [0.1, 0.15) is 19.3 Å². The molecular weight excluding hydrogens is 266 g/mol. The molecule has 2 aromatic rings. The first-order chi connectivity index (χ1) is 10.2. The Kier molecular flexibility index (Phi) is 3.95. The number of phenols is 1. The van der Waals surface area contributed by atoms with Gasteiger partial charge in [-0.15, -0.1) is 0 Å². The summed E-state index contributed by atoms with van der Waals surface area (Å²) in [7, 11) is 0. The highest BCUT2D eigenvalue weighted by molar-refractivity contribution is 5.86. The molecule has 1 aliphatic rings. The summed E-state index contributed by atoms with van der Waals surface area (Å²) >= 11 is 0. The lowest BCUT2D eigenvalue weighted by Gasteiger charge is -2.26. The zero-order valence-electron chi connectivity index (χ0n) is 11.9. The molecule has 4 nitrogen and oxygen atoms in total. The molecule has 21 heavy (non-hydrogen) atoms. The van der Waals surface area contributed by atoms with Gasteiger partial charge in [-0.3, -0.25) is 4.79 Å². The smallest absolute Gasteiger partial charge is 0.260 e. The van der Waals surface area contributed by atoms with E-state index in [-0.39, 0.29) is 18.3 Å². The number of fused-ring (bicyclic) bond motifs is 1. The van der Waals surface area contributed by atoms with Crippen molar-refractivity contribution < 1.29 is 14.6 Å². The van der Waals surface area contributed by atoms with Crippen molar-refractivity contribution in [1.29, 1.82) is 0 Å². The number of carbonyl (C=O) groups is 1. The van der Waals surface area contributed by atoms with Crippen molar-refractivity contribution in [3.8, 4) is 11.5 Å². The van der Waals surface area contributed by atoms with Crippen LogP contribution in [0.3, 0.4) is 0 Å². The Morgan fingerprint density at radius 1 is 1.10 bits per heavy atom. The predicted molar refractivity (Wildman–Crippen MR) is 81.5 cm³/mol. The van der Waals surface area contributed by atoms with Crippen LogP contribution in [0.2, 0.25) is 0 Å². The van der Waals surface area contributed by atoms with Gasteiger partial charge in [0.1, 0.15) is 0 Å². The molecule has 1 aliphatic heterocycles. The molecule has 0 atom stereocenters. The first-order valence-electron chi connectivity index (χ1n) is 7.36. The number of ether oxygens (including phenoxy) is 1. The Hall–Kier alpha value is -2.23. The number of nitrogens with zero attached hydrogens (tertiary/aromatic N) is 1. The number of piperidine rings is 1. The summed E-state index contributed by atoms with van der Waals surface area (Å²) in [5.41, 5.74) is 0. The maximum absolute atomic E-state index is 12.1. The van der Waals surface area contributed by atoms with Gasteiger partial charge in [-0.25, -0.2) is 0 Å². The van der Waals surface area contributed by atoms with E-state index in [1.165, 1.54) is 6.42 Å². The third-order valence-electron chi connectivity index (χ3n) is 3.89. The molecule has 4 heteroatoms. The van der Waals surface area contributed by atoms with Gasteiger partial charge in [0.05, 0.1) is 0 Å². The lowest BCUT2D eigenvalue weighted by atomic mass is 10.1.